The summed E-state index contributed by atoms with van der Waals surface area (Å²) in [5.74, 6) is 1.74. The highest BCUT2D eigenvalue weighted by Crippen LogP contribution is 2.34. The van der Waals surface area contributed by atoms with E-state index >= 15 is 0 Å². The summed E-state index contributed by atoms with van der Waals surface area (Å²) < 4.78 is 11.1. The van der Waals surface area contributed by atoms with E-state index in [9.17, 15) is 14.4 Å². The van der Waals surface area contributed by atoms with E-state index in [1.54, 1.807) is 36.4 Å². The number of terminal acetylenes is 1. The molecular formula is C22H17NO6S. The van der Waals surface area contributed by atoms with Gasteiger partial charge in [-0.1, -0.05) is 24.1 Å². The van der Waals surface area contributed by atoms with Crippen LogP contribution in [0.2, 0.25) is 0 Å². The van der Waals surface area contributed by atoms with Gasteiger partial charge in [0.25, 0.3) is 11.1 Å². The number of nitrogens with zero attached hydrogens (tertiary/aromatic N) is 1. The van der Waals surface area contributed by atoms with Crippen molar-refractivity contribution in [2.24, 2.45) is 0 Å². The van der Waals surface area contributed by atoms with Crippen LogP contribution in [-0.2, 0) is 11.4 Å². The van der Waals surface area contributed by atoms with Crippen LogP contribution in [0.1, 0.15) is 21.5 Å². The van der Waals surface area contributed by atoms with E-state index in [4.69, 9.17) is 21.0 Å². The lowest BCUT2D eigenvalue weighted by Gasteiger charge is -2.12. The Morgan fingerprint density at radius 2 is 2.03 bits per heavy atom. The average molecular weight is 423 g/mol. The Hall–Kier alpha value is -3.70. The normalized spacial score (nSPS) is 14.7. The lowest BCUT2D eigenvalue weighted by Crippen LogP contribution is -2.28. The Labute approximate surface area is 177 Å². The predicted molar refractivity (Wildman–Crippen MR) is 112 cm³/mol. The predicted octanol–water partition coefficient (Wildman–Crippen LogP) is 3.64. The summed E-state index contributed by atoms with van der Waals surface area (Å²) in [5, 5.41) is 8.68. The van der Waals surface area contributed by atoms with Crippen molar-refractivity contribution >= 4 is 35.0 Å². The van der Waals surface area contributed by atoms with Gasteiger partial charge in [-0.25, -0.2) is 4.79 Å². The molecule has 0 bridgehead atoms. The molecule has 7 nitrogen and oxygen atoms in total. The van der Waals surface area contributed by atoms with Gasteiger partial charge in [0, 0.05) is 0 Å². The van der Waals surface area contributed by atoms with E-state index in [0.717, 1.165) is 16.7 Å². The van der Waals surface area contributed by atoms with Crippen LogP contribution in [0.4, 0.5) is 4.79 Å². The summed E-state index contributed by atoms with van der Waals surface area (Å²) in [6, 6.07) is 11.5. The average Bonchev–Trinajstić information content (AvgIpc) is 3.00. The number of thioether (sulfide) groups is 1. The number of carboxylic acids is 1. The Bertz CT molecular complexity index is 1090. The molecule has 8 heteroatoms. The molecule has 1 aliphatic heterocycles. The standard InChI is InChI=1S/C22H17NO6S/c1-3-9-23-20(24)19(30-22(23)27)12-14-7-8-17(18(11-14)28-2)29-13-15-5-4-6-16(10-15)21(25)26/h1,4-8,10-12H,9,13H2,2H3,(H,25,26)/b19-12-. The SMILES string of the molecule is C#CCN1C(=O)S/C(=C\c2ccc(OCc3cccc(C(=O)O)c3)c(OC)c2)C1=O. The second-order valence-electron chi connectivity index (χ2n) is 6.18. The monoisotopic (exact) mass is 423 g/mol. The lowest BCUT2D eigenvalue weighted by molar-refractivity contribution is -0.122. The van der Waals surface area contributed by atoms with Crippen molar-refractivity contribution in [3.05, 3.63) is 64.1 Å². The fourth-order valence-corrected chi connectivity index (χ4v) is 3.57. The Morgan fingerprint density at radius 1 is 1.23 bits per heavy atom. The van der Waals surface area contributed by atoms with Crippen molar-refractivity contribution < 1.29 is 29.0 Å². The van der Waals surface area contributed by atoms with Crippen LogP contribution in [-0.4, -0.2) is 40.8 Å². The van der Waals surface area contributed by atoms with Crippen molar-refractivity contribution in [1.29, 1.82) is 0 Å². The second-order valence-corrected chi connectivity index (χ2v) is 7.17. The van der Waals surface area contributed by atoms with Crippen LogP contribution in [0.15, 0.2) is 47.4 Å². The molecule has 152 valence electrons. The zero-order valence-corrected chi connectivity index (χ0v) is 16.8. The molecule has 0 spiro atoms. The molecule has 1 aliphatic rings. The molecule has 0 radical (unpaired) electrons. The molecular weight excluding hydrogens is 406 g/mol. The van der Waals surface area contributed by atoms with Gasteiger partial charge in [-0.2, -0.15) is 0 Å². The largest absolute Gasteiger partial charge is 0.493 e. The Balaban J connectivity index is 1.76. The van der Waals surface area contributed by atoms with Crippen molar-refractivity contribution in [3.8, 4) is 23.8 Å². The summed E-state index contributed by atoms with van der Waals surface area (Å²) in [5.41, 5.74) is 1.53. The van der Waals surface area contributed by atoms with Gasteiger partial charge in [0.2, 0.25) is 0 Å². The fourth-order valence-electron chi connectivity index (χ4n) is 2.73. The minimum absolute atomic E-state index is 0.0683. The van der Waals surface area contributed by atoms with Crippen LogP contribution in [0.25, 0.3) is 6.08 Å². The number of ether oxygens (including phenoxy) is 2. The number of hydrogen-bond donors (Lipinski definition) is 1. The maximum absolute atomic E-state index is 12.3. The summed E-state index contributed by atoms with van der Waals surface area (Å²) in [4.78, 5) is 36.5. The van der Waals surface area contributed by atoms with Crippen molar-refractivity contribution in [1.82, 2.24) is 4.90 Å². The molecule has 2 aromatic rings. The molecule has 3 rings (SSSR count). The Kier molecular flexibility index (Phi) is 6.45. The third-order valence-corrected chi connectivity index (χ3v) is 5.08. The topological polar surface area (TPSA) is 93.1 Å². The number of carbonyl (C=O) groups is 3. The Morgan fingerprint density at radius 3 is 2.73 bits per heavy atom. The first kappa shape index (κ1) is 21.0. The number of benzene rings is 2. The zero-order valence-electron chi connectivity index (χ0n) is 16.0. The number of rotatable bonds is 7. The molecule has 0 unspecified atom stereocenters. The van der Waals surface area contributed by atoms with Crippen molar-refractivity contribution in [2.75, 3.05) is 13.7 Å². The minimum atomic E-state index is -1.01. The highest BCUT2D eigenvalue weighted by Gasteiger charge is 2.34. The van der Waals surface area contributed by atoms with Crippen LogP contribution in [0.3, 0.4) is 0 Å². The van der Waals surface area contributed by atoms with E-state index in [-0.39, 0.29) is 23.6 Å². The van der Waals surface area contributed by atoms with Gasteiger partial charge in [0.15, 0.2) is 11.5 Å². The number of imide groups is 1. The maximum Gasteiger partial charge on any atom is 0.335 e. The van der Waals surface area contributed by atoms with E-state index < -0.39 is 17.1 Å². The molecule has 30 heavy (non-hydrogen) atoms. The first-order valence-electron chi connectivity index (χ1n) is 8.75. The molecule has 1 N–H and O–H groups in total. The first-order chi connectivity index (χ1) is 14.4. The maximum atomic E-state index is 12.3. The second kappa shape index (κ2) is 9.20. The quantitative estimate of drug-likeness (QED) is 0.537. The van der Waals surface area contributed by atoms with E-state index in [1.807, 2.05) is 0 Å². The summed E-state index contributed by atoms with van der Waals surface area (Å²) >= 11 is 0.828. The van der Waals surface area contributed by atoms with Gasteiger partial charge < -0.3 is 14.6 Å². The molecule has 0 aromatic heterocycles. The first-order valence-corrected chi connectivity index (χ1v) is 9.56. The van der Waals surface area contributed by atoms with E-state index in [2.05, 4.69) is 5.92 Å². The smallest absolute Gasteiger partial charge is 0.335 e. The molecule has 0 atom stereocenters. The number of amides is 2. The highest BCUT2D eigenvalue weighted by molar-refractivity contribution is 8.18. The summed E-state index contributed by atoms with van der Waals surface area (Å²) in [6.07, 6.45) is 6.78. The molecule has 1 saturated heterocycles. The van der Waals surface area contributed by atoms with Crippen LogP contribution >= 0.6 is 11.8 Å². The summed E-state index contributed by atoms with van der Waals surface area (Å²) in [6.45, 7) is 0.0863. The molecule has 1 heterocycles. The number of carboxylic acid groups (broad SMARTS) is 1. The minimum Gasteiger partial charge on any atom is -0.493 e. The third-order valence-electron chi connectivity index (χ3n) is 4.18. The fraction of sp³-hybridized carbons (Fsp3) is 0.136. The molecule has 1 fully saturated rings. The molecule has 2 amide bonds. The van der Waals surface area contributed by atoms with Crippen LogP contribution < -0.4 is 9.47 Å². The lowest BCUT2D eigenvalue weighted by atomic mass is 10.1. The number of hydrogen-bond acceptors (Lipinski definition) is 6. The van der Waals surface area contributed by atoms with Gasteiger partial charge in [-0.3, -0.25) is 14.5 Å². The number of aromatic carboxylic acids is 1. The van der Waals surface area contributed by atoms with E-state index in [0.29, 0.717) is 22.6 Å². The molecule has 2 aromatic carbocycles. The van der Waals surface area contributed by atoms with Gasteiger partial charge in [0.05, 0.1) is 24.1 Å². The summed E-state index contributed by atoms with van der Waals surface area (Å²) in [7, 11) is 1.48. The van der Waals surface area contributed by atoms with Gasteiger partial charge >= 0.3 is 5.97 Å². The van der Waals surface area contributed by atoms with Gasteiger partial charge in [-0.05, 0) is 53.2 Å². The third kappa shape index (κ3) is 4.64. The van der Waals surface area contributed by atoms with Crippen LogP contribution in [0, 0.1) is 12.3 Å². The van der Waals surface area contributed by atoms with Crippen molar-refractivity contribution in [2.45, 2.75) is 6.61 Å². The van der Waals surface area contributed by atoms with Gasteiger partial charge in [-0.15, -0.1) is 6.42 Å². The number of carbonyl (C=O) groups excluding carboxylic acids is 2. The highest BCUT2D eigenvalue weighted by atomic mass is 32.2. The zero-order chi connectivity index (χ0) is 21.7. The van der Waals surface area contributed by atoms with E-state index in [1.165, 1.54) is 19.2 Å². The molecule has 0 saturated carbocycles. The van der Waals surface area contributed by atoms with Crippen molar-refractivity contribution in [3.63, 3.8) is 0 Å². The van der Waals surface area contributed by atoms with Gasteiger partial charge in [0.1, 0.15) is 6.61 Å². The molecule has 0 aliphatic carbocycles. The van der Waals surface area contributed by atoms with Crippen LogP contribution in [0.5, 0.6) is 11.5 Å². The number of methoxy groups -OCH3 is 1.